The van der Waals surface area contributed by atoms with Gasteiger partial charge in [0.15, 0.2) is 0 Å². The van der Waals surface area contributed by atoms with E-state index in [4.69, 9.17) is 23.2 Å². The minimum Gasteiger partial charge on any atom is -0.207 e. The molecule has 0 saturated heterocycles. The fraction of sp³-hybridized carbons (Fsp3) is 0.571. The molecule has 0 atom stereocenters. The number of rotatable bonds is 6. The molecule has 0 fully saturated rings. The second-order valence-electron chi connectivity index (χ2n) is 5.57. The average Bonchev–Trinajstić information content (AvgIpc) is 2.37. The summed E-state index contributed by atoms with van der Waals surface area (Å²) in [5.41, 5.74) is 0.0796. The maximum absolute atomic E-state index is 14.4. The van der Waals surface area contributed by atoms with Crippen LogP contribution in [0.25, 0.3) is 0 Å². The zero-order valence-corrected chi connectivity index (χ0v) is 14.9. The van der Waals surface area contributed by atoms with Crippen LogP contribution in [0.15, 0.2) is 17.0 Å². The number of sulfonamides is 1. The molecule has 0 N–H and O–H groups in total. The summed E-state index contributed by atoms with van der Waals surface area (Å²) in [6.45, 7) is 7.63. The second kappa shape index (κ2) is 7.27. The van der Waals surface area contributed by atoms with Gasteiger partial charge in [-0.2, -0.15) is 4.31 Å². The fourth-order valence-electron chi connectivity index (χ4n) is 1.98. The zero-order chi connectivity index (χ0) is 16.4. The molecule has 0 radical (unpaired) electrons. The van der Waals surface area contributed by atoms with Crippen LogP contribution in [0.5, 0.6) is 0 Å². The maximum atomic E-state index is 14.4. The molecule has 120 valence electrons. The molecular weight excluding hydrogens is 336 g/mol. The van der Waals surface area contributed by atoms with E-state index in [9.17, 15) is 12.8 Å². The molecule has 0 amide bonds. The molecule has 0 aromatic heterocycles. The van der Waals surface area contributed by atoms with Gasteiger partial charge in [0.25, 0.3) is 0 Å². The topological polar surface area (TPSA) is 37.4 Å². The van der Waals surface area contributed by atoms with Gasteiger partial charge < -0.3 is 0 Å². The quantitative estimate of drug-likeness (QED) is 0.714. The summed E-state index contributed by atoms with van der Waals surface area (Å²) in [6.07, 6.45) is 0. The molecule has 0 unspecified atom stereocenters. The van der Waals surface area contributed by atoms with Gasteiger partial charge in [0, 0.05) is 23.2 Å². The summed E-state index contributed by atoms with van der Waals surface area (Å²) in [4.78, 5) is -0.417. The van der Waals surface area contributed by atoms with Gasteiger partial charge in [0.2, 0.25) is 10.0 Å². The summed E-state index contributed by atoms with van der Waals surface area (Å²) in [7, 11) is -3.97. The molecule has 1 rings (SSSR count). The van der Waals surface area contributed by atoms with Crippen molar-refractivity contribution in [3.05, 3.63) is 28.5 Å². The summed E-state index contributed by atoms with van der Waals surface area (Å²) < 4.78 is 41.1. The number of benzene rings is 1. The van der Waals surface area contributed by atoms with E-state index in [1.54, 1.807) is 13.8 Å². The van der Waals surface area contributed by atoms with E-state index < -0.39 is 20.7 Å². The molecule has 0 heterocycles. The predicted octanol–water partition coefficient (Wildman–Crippen LogP) is 4.27. The lowest BCUT2D eigenvalue weighted by Crippen LogP contribution is -2.39. The lowest BCUT2D eigenvalue weighted by atomic mass is 10.2. The molecule has 0 bridgehead atoms. The third kappa shape index (κ3) is 4.31. The van der Waals surface area contributed by atoms with Crippen LogP contribution in [0.4, 0.5) is 4.39 Å². The van der Waals surface area contributed by atoms with Crippen LogP contribution in [-0.4, -0.2) is 25.3 Å². The van der Waals surface area contributed by atoms with Crippen LogP contribution in [-0.2, 0) is 15.9 Å². The molecular formula is C14H20Cl2FNO2S. The normalized spacial score (nSPS) is 12.7. The Balaban J connectivity index is 3.44. The molecule has 7 heteroatoms. The van der Waals surface area contributed by atoms with Gasteiger partial charge in [-0.1, -0.05) is 25.4 Å². The highest BCUT2D eigenvalue weighted by atomic mass is 35.5. The van der Waals surface area contributed by atoms with Crippen LogP contribution >= 0.6 is 23.2 Å². The molecule has 21 heavy (non-hydrogen) atoms. The van der Waals surface area contributed by atoms with Crippen molar-refractivity contribution in [2.24, 2.45) is 5.92 Å². The van der Waals surface area contributed by atoms with Crippen LogP contribution in [0.3, 0.4) is 0 Å². The Labute approximate surface area is 136 Å². The third-order valence-electron chi connectivity index (χ3n) is 2.93. The summed E-state index contributed by atoms with van der Waals surface area (Å²) >= 11 is 11.5. The van der Waals surface area contributed by atoms with Gasteiger partial charge in [-0.05, 0) is 31.9 Å². The first-order chi connectivity index (χ1) is 9.61. The Bertz CT molecular complexity index is 603. The van der Waals surface area contributed by atoms with Crippen LogP contribution in [0.1, 0.15) is 33.3 Å². The molecule has 0 spiro atoms. The Morgan fingerprint density at radius 1 is 1.24 bits per heavy atom. The Morgan fingerprint density at radius 2 is 1.81 bits per heavy atom. The van der Waals surface area contributed by atoms with Gasteiger partial charge >= 0.3 is 0 Å². The average molecular weight is 356 g/mol. The fourth-order valence-corrected chi connectivity index (χ4v) is 4.41. The second-order valence-corrected chi connectivity index (χ2v) is 8.14. The number of hydrogen-bond donors (Lipinski definition) is 0. The van der Waals surface area contributed by atoms with Gasteiger partial charge in [-0.25, -0.2) is 12.8 Å². The first-order valence-corrected chi connectivity index (χ1v) is 9.02. The number of nitrogens with zero attached hydrogens (tertiary/aromatic N) is 1. The number of halogens is 3. The predicted molar refractivity (Wildman–Crippen MR) is 84.8 cm³/mol. The number of alkyl halides is 1. The molecule has 0 aliphatic heterocycles. The van der Waals surface area contributed by atoms with E-state index in [-0.39, 0.29) is 28.4 Å². The highest BCUT2D eigenvalue weighted by molar-refractivity contribution is 7.89. The van der Waals surface area contributed by atoms with Crippen molar-refractivity contribution in [1.29, 1.82) is 0 Å². The summed E-state index contributed by atoms with van der Waals surface area (Å²) in [5.74, 6) is -0.846. The molecule has 0 aliphatic rings. The Hall–Kier alpha value is -0.360. The van der Waals surface area contributed by atoms with E-state index in [2.05, 4.69) is 0 Å². The van der Waals surface area contributed by atoms with E-state index in [0.717, 1.165) is 6.07 Å². The van der Waals surface area contributed by atoms with Crippen molar-refractivity contribution in [3.63, 3.8) is 0 Å². The SMILES string of the molecule is CC(C)CN(C(C)C)S(=O)(=O)c1cc(Cl)cc(CCl)c1F. The minimum absolute atomic E-state index is 0.0796. The lowest BCUT2D eigenvalue weighted by Gasteiger charge is -2.28. The van der Waals surface area contributed by atoms with Gasteiger partial charge in [0.1, 0.15) is 10.7 Å². The van der Waals surface area contributed by atoms with Crippen molar-refractivity contribution in [2.45, 2.75) is 44.5 Å². The van der Waals surface area contributed by atoms with Crippen molar-refractivity contribution >= 4 is 33.2 Å². The van der Waals surface area contributed by atoms with Gasteiger partial charge in [-0.15, -0.1) is 11.6 Å². The Morgan fingerprint density at radius 3 is 2.24 bits per heavy atom. The molecule has 1 aromatic rings. The highest BCUT2D eigenvalue weighted by Gasteiger charge is 2.31. The molecule has 0 saturated carbocycles. The Kier molecular flexibility index (Phi) is 6.47. The first-order valence-electron chi connectivity index (χ1n) is 6.67. The van der Waals surface area contributed by atoms with Crippen molar-refractivity contribution in [2.75, 3.05) is 6.54 Å². The van der Waals surface area contributed by atoms with Crippen LogP contribution in [0.2, 0.25) is 5.02 Å². The zero-order valence-electron chi connectivity index (χ0n) is 12.5. The molecule has 0 aliphatic carbocycles. The highest BCUT2D eigenvalue weighted by Crippen LogP contribution is 2.28. The standard InChI is InChI=1S/C14H20Cl2FNO2S/c1-9(2)8-18(10(3)4)21(19,20)13-6-12(16)5-11(7-15)14(13)17/h5-6,9-10H,7-8H2,1-4H3. The maximum Gasteiger partial charge on any atom is 0.246 e. The van der Waals surface area contributed by atoms with Crippen LogP contribution in [0, 0.1) is 11.7 Å². The summed E-state index contributed by atoms with van der Waals surface area (Å²) in [6, 6.07) is 2.19. The number of hydrogen-bond acceptors (Lipinski definition) is 2. The largest absolute Gasteiger partial charge is 0.246 e. The van der Waals surface area contributed by atoms with E-state index >= 15 is 0 Å². The van der Waals surface area contributed by atoms with Gasteiger partial charge in [0.05, 0.1) is 5.88 Å². The van der Waals surface area contributed by atoms with Crippen molar-refractivity contribution in [1.82, 2.24) is 4.31 Å². The van der Waals surface area contributed by atoms with E-state index in [1.165, 1.54) is 10.4 Å². The van der Waals surface area contributed by atoms with E-state index in [1.807, 2.05) is 13.8 Å². The minimum atomic E-state index is -3.97. The lowest BCUT2D eigenvalue weighted by molar-refractivity contribution is 0.317. The van der Waals surface area contributed by atoms with Crippen molar-refractivity contribution in [3.8, 4) is 0 Å². The smallest absolute Gasteiger partial charge is 0.207 e. The van der Waals surface area contributed by atoms with E-state index in [0.29, 0.717) is 6.54 Å². The monoisotopic (exact) mass is 355 g/mol. The first kappa shape index (κ1) is 18.7. The van der Waals surface area contributed by atoms with Crippen molar-refractivity contribution < 1.29 is 12.8 Å². The summed E-state index contributed by atoms with van der Waals surface area (Å²) in [5, 5.41) is 0.152. The van der Waals surface area contributed by atoms with Crippen LogP contribution < -0.4 is 0 Å². The van der Waals surface area contributed by atoms with Gasteiger partial charge in [-0.3, -0.25) is 0 Å². The third-order valence-corrected chi connectivity index (χ3v) is 5.48. The molecule has 1 aromatic carbocycles. The molecule has 3 nitrogen and oxygen atoms in total.